The van der Waals surface area contributed by atoms with Gasteiger partial charge in [0.05, 0.1) is 40.3 Å². The van der Waals surface area contributed by atoms with E-state index >= 15 is 0 Å². The van der Waals surface area contributed by atoms with Crippen LogP contribution in [0.2, 0.25) is 0 Å². The van der Waals surface area contributed by atoms with Crippen molar-refractivity contribution in [3.05, 3.63) is 24.3 Å². The summed E-state index contributed by atoms with van der Waals surface area (Å²) >= 11 is 0. The van der Waals surface area contributed by atoms with Crippen LogP contribution in [0.15, 0.2) is 24.3 Å². The Balaban J connectivity index is 4.14. The number of carbonyl (C=O) groups is 3. The molecule has 406 valence electrons. The zero-order valence-corrected chi connectivity index (χ0v) is 46.5. The number of carbonyl (C=O) groups excluding carboxylic acids is 3. The third kappa shape index (κ3) is 50.5. The molecule has 0 fully saturated rings. The Morgan fingerprint density at radius 1 is 0.420 bits per heavy atom. The van der Waals surface area contributed by atoms with E-state index in [0.29, 0.717) is 12.8 Å². The maximum Gasteiger partial charge on any atom is 0.306 e. The second-order valence-electron chi connectivity index (χ2n) is 21.6. The molecule has 69 heavy (non-hydrogen) atoms. The van der Waals surface area contributed by atoms with Crippen LogP contribution in [-0.4, -0.2) is 75.5 Å². The van der Waals surface area contributed by atoms with Gasteiger partial charge >= 0.3 is 11.9 Å². The van der Waals surface area contributed by atoms with Crippen molar-refractivity contribution in [3.63, 3.8) is 0 Å². The van der Waals surface area contributed by atoms with Gasteiger partial charge in [0.15, 0.2) is 6.10 Å². The van der Waals surface area contributed by atoms with Crippen LogP contribution in [0.1, 0.15) is 296 Å². The number of nitrogens with zero attached hydrogens (tertiary/aromatic N) is 1. The first-order chi connectivity index (χ1) is 33.6. The predicted octanol–water partition coefficient (Wildman–Crippen LogP) is 16.6. The molecule has 8 nitrogen and oxygen atoms in total. The van der Waals surface area contributed by atoms with Gasteiger partial charge in [0, 0.05) is 19.3 Å². The Bertz CT molecular complexity index is 1180. The van der Waals surface area contributed by atoms with Gasteiger partial charge in [-0.2, -0.15) is 0 Å². The second-order valence-corrected chi connectivity index (χ2v) is 21.6. The number of hydrogen-bond acceptors (Lipinski definition) is 7. The first-order valence-electron chi connectivity index (χ1n) is 29.9. The van der Waals surface area contributed by atoms with Crippen LogP contribution in [0.5, 0.6) is 0 Å². The van der Waals surface area contributed by atoms with E-state index in [2.05, 4.69) is 38.2 Å². The zero-order valence-electron chi connectivity index (χ0n) is 46.5. The molecule has 0 aromatic heterocycles. The van der Waals surface area contributed by atoms with Crippen molar-refractivity contribution in [2.45, 2.75) is 309 Å². The van der Waals surface area contributed by atoms with E-state index in [1.807, 2.05) is 21.1 Å². The molecule has 0 bridgehead atoms. The van der Waals surface area contributed by atoms with E-state index in [-0.39, 0.29) is 42.7 Å². The highest BCUT2D eigenvalue weighted by Crippen LogP contribution is 2.17. The summed E-state index contributed by atoms with van der Waals surface area (Å²) in [6, 6.07) is -0.726. The standard InChI is InChI=1S/C61H115NO7/c1-6-8-10-12-14-16-18-20-22-24-26-28-30-32-34-36-38-40-42-44-46-48-50-52-60(64)69-57(55-67-54-53-58(61(65)66)62(3,4)5)56-68-59(63)51-49-47-45-43-41-39-37-35-33-31-29-27-25-23-21-19-17-15-13-11-9-7-2/h31-34,57-58H,6-30,35-56H2,1-5H3/b33-31+,34-32+. The van der Waals surface area contributed by atoms with Crippen molar-refractivity contribution < 1.29 is 38.2 Å². The molecular formula is C61H115NO7. The van der Waals surface area contributed by atoms with Gasteiger partial charge in [-0.25, -0.2) is 0 Å². The molecule has 0 N–H and O–H groups in total. The van der Waals surface area contributed by atoms with E-state index in [1.165, 1.54) is 225 Å². The number of likely N-dealkylation sites (N-methyl/N-ethyl adjacent to an activating group) is 1. The largest absolute Gasteiger partial charge is 0.544 e. The molecule has 0 radical (unpaired) electrons. The number of unbranched alkanes of at least 4 members (excludes halogenated alkanes) is 37. The summed E-state index contributed by atoms with van der Waals surface area (Å²) in [7, 11) is 5.43. The summed E-state index contributed by atoms with van der Waals surface area (Å²) in [4.78, 5) is 37.2. The maximum absolute atomic E-state index is 12.8. The fraction of sp³-hybridized carbons (Fsp3) is 0.885. The molecule has 0 aromatic carbocycles. The lowest BCUT2D eigenvalue weighted by atomic mass is 10.0. The van der Waals surface area contributed by atoms with Gasteiger partial charge in [0.25, 0.3) is 0 Å². The Kier molecular flexibility index (Phi) is 50.5. The lowest BCUT2D eigenvalue weighted by Gasteiger charge is -2.34. The molecular weight excluding hydrogens is 859 g/mol. The van der Waals surface area contributed by atoms with E-state index in [1.54, 1.807) is 0 Å². The quantitative estimate of drug-likeness (QED) is 0.0259. The summed E-state index contributed by atoms with van der Waals surface area (Å²) in [5.41, 5.74) is 0. The zero-order chi connectivity index (χ0) is 50.6. The Hall–Kier alpha value is -2.19. The van der Waals surface area contributed by atoms with Crippen molar-refractivity contribution in [3.8, 4) is 0 Å². The highest BCUT2D eigenvalue weighted by atomic mass is 16.6. The van der Waals surface area contributed by atoms with Gasteiger partial charge in [-0.15, -0.1) is 0 Å². The van der Waals surface area contributed by atoms with Crippen LogP contribution >= 0.6 is 0 Å². The molecule has 0 saturated carbocycles. The van der Waals surface area contributed by atoms with Crippen molar-refractivity contribution >= 4 is 17.9 Å². The molecule has 0 aliphatic heterocycles. The van der Waals surface area contributed by atoms with Crippen LogP contribution in [0.3, 0.4) is 0 Å². The first-order valence-corrected chi connectivity index (χ1v) is 29.9. The number of carboxylic acid groups (broad SMARTS) is 1. The SMILES string of the molecule is CCCCCCCCCCCCC/C=C/CCCCCCCCCC(=O)OCC(COCCC(C(=O)[O-])[N+](C)(C)C)OC(=O)CCCCCCCCC/C=C/CCCCCCCCCCCCCC. The number of ether oxygens (including phenoxy) is 3. The molecule has 0 saturated heterocycles. The molecule has 0 spiro atoms. The van der Waals surface area contributed by atoms with Gasteiger partial charge in [0.1, 0.15) is 12.6 Å². The minimum absolute atomic E-state index is 0.0414. The Morgan fingerprint density at radius 2 is 0.725 bits per heavy atom. The number of allylic oxidation sites excluding steroid dienone is 4. The van der Waals surface area contributed by atoms with Gasteiger partial charge in [-0.05, 0) is 64.2 Å². The van der Waals surface area contributed by atoms with E-state index in [0.717, 1.165) is 38.5 Å². The Labute approximate surface area is 428 Å². The molecule has 8 heteroatoms. The van der Waals surface area contributed by atoms with Crippen molar-refractivity contribution in [2.24, 2.45) is 0 Å². The number of hydrogen-bond donors (Lipinski definition) is 0. The average molecular weight is 975 g/mol. The summed E-state index contributed by atoms with van der Waals surface area (Å²) in [5, 5.41) is 11.7. The van der Waals surface area contributed by atoms with Crippen LogP contribution in [-0.2, 0) is 28.6 Å². The molecule has 2 unspecified atom stereocenters. The summed E-state index contributed by atoms with van der Waals surface area (Å²) in [6.07, 6.45) is 62.3. The lowest BCUT2D eigenvalue weighted by molar-refractivity contribution is -0.889. The van der Waals surface area contributed by atoms with Crippen LogP contribution < -0.4 is 5.11 Å². The van der Waals surface area contributed by atoms with E-state index < -0.39 is 18.1 Å². The highest BCUT2D eigenvalue weighted by molar-refractivity contribution is 5.70. The minimum Gasteiger partial charge on any atom is -0.544 e. The minimum atomic E-state index is -1.12. The highest BCUT2D eigenvalue weighted by Gasteiger charge is 2.25. The molecule has 0 heterocycles. The molecule has 0 rings (SSSR count). The number of esters is 2. The van der Waals surface area contributed by atoms with E-state index in [9.17, 15) is 19.5 Å². The molecule has 0 aromatic rings. The van der Waals surface area contributed by atoms with Crippen LogP contribution in [0.25, 0.3) is 0 Å². The predicted molar refractivity (Wildman–Crippen MR) is 291 cm³/mol. The summed E-state index contributed by atoms with van der Waals surface area (Å²) in [6.45, 7) is 4.71. The van der Waals surface area contributed by atoms with Gasteiger partial charge < -0.3 is 28.6 Å². The molecule has 2 atom stereocenters. The summed E-state index contributed by atoms with van der Waals surface area (Å²) < 4.78 is 17.3. The van der Waals surface area contributed by atoms with Crippen molar-refractivity contribution in [1.29, 1.82) is 0 Å². The normalized spacial score (nSPS) is 12.9. The molecule has 0 aliphatic carbocycles. The van der Waals surface area contributed by atoms with Crippen LogP contribution in [0, 0.1) is 0 Å². The van der Waals surface area contributed by atoms with Crippen molar-refractivity contribution in [2.75, 3.05) is 41.0 Å². The molecule has 0 amide bonds. The second kappa shape index (κ2) is 52.1. The third-order valence-electron chi connectivity index (χ3n) is 13.8. The fourth-order valence-electron chi connectivity index (χ4n) is 9.18. The summed E-state index contributed by atoms with van der Waals surface area (Å²) in [5.74, 6) is -1.73. The number of aliphatic carboxylic acids is 1. The number of carboxylic acids is 1. The topological polar surface area (TPSA) is 102 Å². The fourth-order valence-corrected chi connectivity index (χ4v) is 9.18. The lowest BCUT2D eigenvalue weighted by Crippen LogP contribution is -2.55. The Morgan fingerprint density at radius 3 is 1.04 bits per heavy atom. The monoisotopic (exact) mass is 974 g/mol. The van der Waals surface area contributed by atoms with Gasteiger partial charge in [-0.3, -0.25) is 9.59 Å². The number of quaternary nitrogens is 1. The smallest absolute Gasteiger partial charge is 0.306 e. The van der Waals surface area contributed by atoms with Crippen LogP contribution in [0.4, 0.5) is 0 Å². The van der Waals surface area contributed by atoms with Crippen molar-refractivity contribution in [1.82, 2.24) is 0 Å². The van der Waals surface area contributed by atoms with E-state index in [4.69, 9.17) is 14.2 Å². The third-order valence-corrected chi connectivity index (χ3v) is 13.8. The average Bonchev–Trinajstić information content (AvgIpc) is 3.31. The number of rotatable bonds is 55. The maximum atomic E-state index is 12.8. The van der Waals surface area contributed by atoms with Gasteiger partial charge in [-0.1, -0.05) is 237 Å². The van der Waals surface area contributed by atoms with Gasteiger partial charge in [0.2, 0.25) is 0 Å². The molecule has 0 aliphatic rings. The first kappa shape index (κ1) is 66.8.